The van der Waals surface area contributed by atoms with E-state index in [4.69, 9.17) is 11.6 Å². The number of benzene rings is 2. The van der Waals surface area contributed by atoms with Crippen LogP contribution in [-0.4, -0.2) is 0 Å². The zero-order valence-corrected chi connectivity index (χ0v) is 9.94. The minimum Gasteiger partial charge on any atom is -0.205 e. The summed E-state index contributed by atoms with van der Waals surface area (Å²) in [6.07, 6.45) is 0. The van der Waals surface area contributed by atoms with Crippen molar-refractivity contribution in [3.63, 3.8) is 0 Å². The van der Waals surface area contributed by atoms with Gasteiger partial charge in [-0.2, -0.15) is 0 Å². The molecule has 0 aliphatic heterocycles. The van der Waals surface area contributed by atoms with Gasteiger partial charge in [0.1, 0.15) is 5.82 Å². The zero-order valence-electron chi connectivity index (χ0n) is 7.60. The second-order valence-corrected chi connectivity index (χ2v) is 4.20. The van der Waals surface area contributed by atoms with Crippen molar-refractivity contribution in [2.45, 2.75) is 0 Å². The van der Waals surface area contributed by atoms with Gasteiger partial charge in [0.05, 0.1) is 5.02 Å². The normalized spacial score (nSPS) is 10.3. The van der Waals surface area contributed by atoms with E-state index < -0.39 is 5.82 Å². The first-order valence-corrected chi connectivity index (χ1v) is 5.48. The first-order chi connectivity index (χ1) is 7.20. The van der Waals surface area contributed by atoms with Crippen LogP contribution in [0.5, 0.6) is 0 Å². The van der Waals surface area contributed by atoms with Crippen molar-refractivity contribution in [1.82, 2.24) is 0 Å². The maximum absolute atomic E-state index is 13.7. The summed E-state index contributed by atoms with van der Waals surface area (Å²) < 4.78 is 14.4. The molecule has 0 saturated heterocycles. The number of rotatable bonds is 1. The Bertz CT molecular complexity index is 497. The van der Waals surface area contributed by atoms with Crippen LogP contribution in [-0.2, 0) is 0 Å². The Kier molecular flexibility index (Phi) is 3.08. The molecule has 15 heavy (non-hydrogen) atoms. The molecule has 0 atom stereocenters. The first kappa shape index (κ1) is 10.7. The van der Waals surface area contributed by atoms with E-state index in [0.29, 0.717) is 5.56 Å². The van der Waals surface area contributed by atoms with E-state index in [-0.39, 0.29) is 5.02 Å². The summed E-state index contributed by atoms with van der Waals surface area (Å²) in [6.45, 7) is 0. The van der Waals surface area contributed by atoms with Gasteiger partial charge in [-0.05, 0) is 33.6 Å². The first-order valence-electron chi connectivity index (χ1n) is 4.30. The van der Waals surface area contributed by atoms with Gasteiger partial charge in [0, 0.05) is 10.0 Å². The molecule has 1 radical (unpaired) electrons. The molecule has 0 aliphatic carbocycles. The Morgan fingerprint density at radius 2 is 1.87 bits per heavy atom. The summed E-state index contributed by atoms with van der Waals surface area (Å²) in [4.78, 5) is 0. The molecule has 0 nitrogen and oxygen atoms in total. The third-order valence-corrected chi connectivity index (χ3v) is 3.00. The summed E-state index contributed by atoms with van der Waals surface area (Å²) in [5, 5.41) is 0.128. The molecule has 3 heteroatoms. The molecule has 0 unspecified atom stereocenters. The molecular weight excluding hydrogens is 278 g/mol. The Morgan fingerprint density at radius 1 is 1.13 bits per heavy atom. The lowest BCUT2D eigenvalue weighted by Gasteiger charge is -2.06. The van der Waals surface area contributed by atoms with Crippen molar-refractivity contribution in [3.8, 4) is 11.1 Å². The number of hydrogen-bond acceptors (Lipinski definition) is 0. The van der Waals surface area contributed by atoms with Gasteiger partial charge < -0.3 is 0 Å². The van der Waals surface area contributed by atoms with Crippen LogP contribution in [0, 0.1) is 11.9 Å². The van der Waals surface area contributed by atoms with Gasteiger partial charge in [-0.15, -0.1) is 0 Å². The molecule has 2 aromatic carbocycles. The Morgan fingerprint density at radius 3 is 2.60 bits per heavy atom. The summed E-state index contributed by atoms with van der Waals surface area (Å²) in [6, 6.07) is 13.3. The van der Waals surface area contributed by atoms with Crippen molar-refractivity contribution in [1.29, 1.82) is 0 Å². The molecule has 0 spiro atoms. The minimum atomic E-state index is -0.403. The van der Waals surface area contributed by atoms with E-state index in [9.17, 15) is 4.39 Å². The lowest BCUT2D eigenvalue weighted by atomic mass is 10.1. The fourth-order valence-electron chi connectivity index (χ4n) is 1.34. The van der Waals surface area contributed by atoms with E-state index >= 15 is 0 Å². The van der Waals surface area contributed by atoms with E-state index in [1.54, 1.807) is 24.3 Å². The molecule has 0 bridgehead atoms. The maximum Gasteiger partial charge on any atom is 0.149 e. The van der Waals surface area contributed by atoms with Gasteiger partial charge in [-0.1, -0.05) is 41.9 Å². The minimum absolute atomic E-state index is 0.128. The molecule has 0 saturated carbocycles. The van der Waals surface area contributed by atoms with Crippen LogP contribution in [0.1, 0.15) is 0 Å². The van der Waals surface area contributed by atoms with Crippen LogP contribution in [0.4, 0.5) is 4.39 Å². The lowest BCUT2D eigenvalue weighted by Crippen LogP contribution is -1.86. The second kappa shape index (κ2) is 4.33. The van der Waals surface area contributed by atoms with E-state index in [0.717, 1.165) is 10.0 Å². The summed E-state index contributed by atoms with van der Waals surface area (Å²) in [5.74, 6) is -0.403. The third-order valence-electron chi connectivity index (χ3n) is 2.05. The Hall–Kier alpha value is -0.860. The third kappa shape index (κ3) is 2.06. The van der Waals surface area contributed by atoms with Gasteiger partial charge >= 0.3 is 0 Å². The molecule has 0 N–H and O–H groups in total. The average Bonchev–Trinajstić information content (AvgIpc) is 2.23. The highest BCUT2D eigenvalue weighted by molar-refractivity contribution is 9.10. The quantitative estimate of drug-likeness (QED) is 0.711. The molecule has 0 amide bonds. The highest BCUT2D eigenvalue weighted by Crippen LogP contribution is 2.32. The number of halogens is 3. The van der Waals surface area contributed by atoms with E-state index in [1.165, 1.54) is 6.07 Å². The van der Waals surface area contributed by atoms with Crippen molar-refractivity contribution < 1.29 is 4.39 Å². The molecule has 2 aromatic rings. The highest BCUT2D eigenvalue weighted by Gasteiger charge is 2.10. The monoisotopic (exact) mass is 283 g/mol. The molecule has 0 aliphatic rings. The van der Waals surface area contributed by atoms with Crippen molar-refractivity contribution in [3.05, 3.63) is 57.8 Å². The van der Waals surface area contributed by atoms with Gasteiger partial charge in [0.2, 0.25) is 0 Å². The van der Waals surface area contributed by atoms with Crippen LogP contribution < -0.4 is 0 Å². The van der Waals surface area contributed by atoms with Crippen molar-refractivity contribution in [2.24, 2.45) is 0 Å². The van der Waals surface area contributed by atoms with Gasteiger partial charge in [-0.3, -0.25) is 0 Å². The van der Waals surface area contributed by atoms with Crippen molar-refractivity contribution >= 4 is 27.5 Å². The van der Waals surface area contributed by atoms with E-state index in [2.05, 4.69) is 22.0 Å². The van der Waals surface area contributed by atoms with Crippen LogP contribution in [0.25, 0.3) is 11.1 Å². The fourth-order valence-corrected chi connectivity index (χ4v) is 1.99. The maximum atomic E-state index is 13.7. The van der Waals surface area contributed by atoms with Crippen LogP contribution in [0.2, 0.25) is 5.02 Å². The van der Waals surface area contributed by atoms with Crippen LogP contribution in [0.3, 0.4) is 0 Å². The molecule has 75 valence electrons. The summed E-state index contributed by atoms with van der Waals surface area (Å²) in [7, 11) is 0. The average molecular weight is 285 g/mol. The molecule has 0 heterocycles. The second-order valence-electron chi connectivity index (χ2n) is 3.00. The molecule has 0 fully saturated rings. The van der Waals surface area contributed by atoms with Gasteiger partial charge in [0.25, 0.3) is 0 Å². The fraction of sp³-hybridized carbons (Fsp3) is 0. The standard InChI is InChI=1S/C12H6BrClF/c13-10-6-2-1-4-8(10)9-5-3-7-11(14)12(9)15/h1-5,7H. The summed E-state index contributed by atoms with van der Waals surface area (Å²) in [5.41, 5.74) is 1.23. The van der Waals surface area contributed by atoms with Crippen LogP contribution in [0.15, 0.2) is 40.9 Å². The predicted octanol–water partition coefficient (Wildman–Crippen LogP) is 4.71. The topological polar surface area (TPSA) is 0 Å². The predicted molar refractivity (Wildman–Crippen MR) is 63.4 cm³/mol. The SMILES string of the molecule is Fc1c(Cl)cccc1-c1ccc[c]c1Br. The number of hydrogen-bond donors (Lipinski definition) is 0. The lowest BCUT2D eigenvalue weighted by molar-refractivity contribution is 0.631. The largest absolute Gasteiger partial charge is 0.205 e. The molecule has 2 rings (SSSR count). The van der Waals surface area contributed by atoms with Gasteiger partial charge in [0.15, 0.2) is 0 Å². The zero-order chi connectivity index (χ0) is 10.8. The summed E-state index contributed by atoms with van der Waals surface area (Å²) >= 11 is 9.04. The van der Waals surface area contributed by atoms with E-state index in [1.807, 2.05) is 6.07 Å². The Balaban J connectivity index is 2.65. The molecule has 0 aromatic heterocycles. The van der Waals surface area contributed by atoms with Crippen molar-refractivity contribution in [2.75, 3.05) is 0 Å². The smallest absolute Gasteiger partial charge is 0.149 e. The molecular formula is C12H6BrClF. The highest BCUT2D eigenvalue weighted by atomic mass is 79.9. The Labute approximate surface area is 101 Å². The van der Waals surface area contributed by atoms with Crippen LogP contribution >= 0.6 is 27.5 Å². The van der Waals surface area contributed by atoms with Gasteiger partial charge in [-0.25, -0.2) is 4.39 Å².